The standard InChI is InChI=1S/C25H36N4O5Si.C20H41N3O5Si.C12H27NO6Si/c1-25(2,3)19-16-18(12-13-23(30)26-14-9-15-35(32-4,33-5)34-6)17-22(24(19)31)29-27-20-10-7-8-11-21(20)28-29;1-19(2)14-16(15-20(3,4)23(19)5)22-18(25)11-10-17(24)21-12-9-13-29(26-6,27-7)28-8;1-15-9-10-19-12(14)6-8-13-7-5-11-20(16-2,17-3)18-4/h7-8,10-11,16-17,31H,9,12-15H2,1-6H3,(H,26,30);16H,9-15H2,1-8H3,(H,21,24)(H,22,25);13H,5-11H2,1-4H3. The number of benzene rings is 2. The Labute approximate surface area is 503 Å². The largest absolute Gasteiger partial charge is 0.505 e. The molecule has 2 aromatic carbocycles. The first-order valence-electron chi connectivity index (χ1n) is 28.7. The van der Waals surface area contributed by atoms with Gasteiger partial charge in [-0.15, -0.1) is 15.0 Å². The number of aryl methyl sites for hydroxylation is 1. The van der Waals surface area contributed by atoms with Crippen molar-refractivity contribution in [2.45, 2.75) is 153 Å². The number of hydrogen-bond acceptors (Lipinski definition) is 20. The fraction of sp³-hybridized carbons (Fsp3) is 0.719. The van der Waals surface area contributed by atoms with Crippen LogP contribution in [0.4, 0.5) is 0 Å². The molecule has 4 rings (SSSR count). The van der Waals surface area contributed by atoms with Gasteiger partial charge < -0.3 is 75.7 Å². The summed E-state index contributed by atoms with van der Waals surface area (Å²) >= 11 is 0. The number of carbonyl (C=O) groups is 4. The number of aromatic hydroxyl groups is 1. The number of rotatable bonds is 35. The number of amides is 3. The SMILES string of the molecule is COCCOC(=O)CCNCCC[Si](OC)(OC)OC.CO[Si](CCCNC(=O)CCC(=O)NC1CC(C)(C)N(C)C(C)(C)C1)(OC)OC.CO[Si](CCCNC(=O)CCc1cc(-n2nc3ccccc3n2)c(O)c(C(C)(C)C)c1)(OC)OC. The summed E-state index contributed by atoms with van der Waals surface area (Å²) in [6, 6.07) is 13.5. The third-order valence-electron chi connectivity index (χ3n) is 15.0. The molecule has 5 N–H and O–H groups in total. The molecule has 480 valence electrons. The van der Waals surface area contributed by atoms with Crippen LogP contribution in [0.25, 0.3) is 16.7 Å². The summed E-state index contributed by atoms with van der Waals surface area (Å²) in [6.07, 6.45) is 5.64. The van der Waals surface area contributed by atoms with Gasteiger partial charge in [-0.1, -0.05) is 39.0 Å². The monoisotopic (exact) mass is 1240 g/mol. The van der Waals surface area contributed by atoms with Crippen molar-refractivity contribution in [3.05, 3.63) is 47.5 Å². The molecule has 3 aromatic rings. The van der Waals surface area contributed by atoms with E-state index in [2.05, 4.69) is 71.1 Å². The van der Waals surface area contributed by atoms with E-state index in [1.807, 2.05) is 57.2 Å². The summed E-state index contributed by atoms with van der Waals surface area (Å²) in [5.74, 6) is -0.300. The molecule has 0 bridgehead atoms. The third-order valence-corrected chi connectivity index (χ3v) is 23.5. The molecule has 1 aliphatic heterocycles. The third kappa shape index (κ3) is 25.2. The number of nitrogens with one attached hydrogen (secondary N) is 4. The van der Waals surface area contributed by atoms with Crippen LogP contribution in [0.2, 0.25) is 18.1 Å². The second-order valence-electron chi connectivity index (χ2n) is 22.7. The molecule has 1 saturated heterocycles. The van der Waals surface area contributed by atoms with Crippen molar-refractivity contribution < 1.29 is 73.6 Å². The van der Waals surface area contributed by atoms with E-state index in [1.54, 1.807) is 71.1 Å². The van der Waals surface area contributed by atoms with Crippen molar-refractivity contribution in [1.82, 2.24) is 41.2 Å². The Morgan fingerprint density at radius 3 is 1.50 bits per heavy atom. The van der Waals surface area contributed by atoms with E-state index in [1.165, 1.54) is 4.80 Å². The first-order chi connectivity index (χ1) is 39.7. The molecule has 3 amide bonds. The van der Waals surface area contributed by atoms with Crippen LogP contribution in [0.1, 0.15) is 117 Å². The predicted molar refractivity (Wildman–Crippen MR) is 329 cm³/mol. The van der Waals surface area contributed by atoms with Crippen molar-refractivity contribution in [3.63, 3.8) is 0 Å². The predicted octanol–water partition coefficient (Wildman–Crippen LogP) is 6.08. The molecule has 1 fully saturated rings. The van der Waals surface area contributed by atoms with Crippen LogP contribution in [0, 0.1) is 0 Å². The molecule has 0 aliphatic carbocycles. The van der Waals surface area contributed by atoms with Crippen LogP contribution in [-0.4, -0.2) is 210 Å². The lowest BCUT2D eigenvalue weighted by atomic mass is 9.77. The Morgan fingerprint density at radius 2 is 1.06 bits per heavy atom. The molecule has 0 atom stereocenters. The molecule has 1 aliphatic rings. The highest BCUT2D eigenvalue weighted by molar-refractivity contribution is 6.61. The van der Waals surface area contributed by atoms with Gasteiger partial charge in [0.15, 0.2) is 0 Å². The van der Waals surface area contributed by atoms with Gasteiger partial charge in [-0.3, -0.25) is 24.1 Å². The highest BCUT2D eigenvalue weighted by Crippen LogP contribution is 2.38. The Balaban J connectivity index is 0.000000447. The maximum absolute atomic E-state index is 12.5. The van der Waals surface area contributed by atoms with Crippen molar-refractivity contribution in [1.29, 1.82) is 0 Å². The lowest BCUT2D eigenvalue weighted by molar-refractivity contribution is -0.144. The zero-order chi connectivity index (χ0) is 63.2. The topological polar surface area (TPSA) is 272 Å². The molecule has 27 heteroatoms. The number of aromatic nitrogens is 3. The number of likely N-dealkylation sites (tertiary alicyclic amines) is 1. The molecular formula is C57H104N8O16Si3. The van der Waals surface area contributed by atoms with Crippen LogP contribution < -0.4 is 21.3 Å². The number of fused-ring (bicyclic) bond motifs is 1. The average molecular weight is 1240 g/mol. The summed E-state index contributed by atoms with van der Waals surface area (Å²) in [6.45, 7) is 18.0. The molecule has 2 heterocycles. The van der Waals surface area contributed by atoms with E-state index in [-0.39, 0.29) is 64.8 Å². The highest BCUT2D eigenvalue weighted by atomic mass is 28.4. The maximum atomic E-state index is 12.5. The Bertz CT molecular complexity index is 2340. The number of piperidine rings is 1. The minimum atomic E-state index is -2.63. The summed E-state index contributed by atoms with van der Waals surface area (Å²) in [5.41, 5.74) is 3.45. The minimum absolute atomic E-state index is 0.0161. The van der Waals surface area contributed by atoms with E-state index in [0.717, 1.165) is 54.0 Å². The molecule has 1 aromatic heterocycles. The minimum Gasteiger partial charge on any atom is -0.505 e. The maximum Gasteiger partial charge on any atom is 0.500 e. The van der Waals surface area contributed by atoms with Crippen molar-refractivity contribution >= 4 is 61.1 Å². The highest BCUT2D eigenvalue weighted by Gasteiger charge is 2.44. The van der Waals surface area contributed by atoms with E-state index in [9.17, 15) is 24.3 Å². The van der Waals surface area contributed by atoms with Crippen LogP contribution >= 0.6 is 0 Å². The quantitative estimate of drug-likeness (QED) is 0.0253. The first kappa shape index (κ1) is 75.8. The van der Waals surface area contributed by atoms with Gasteiger partial charge in [-0.25, -0.2) is 0 Å². The molecule has 84 heavy (non-hydrogen) atoms. The molecular weight excluding hydrogens is 1140 g/mol. The number of methoxy groups -OCH3 is 1. The number of phenols is 1. The number of phenolic OH excluding ortho intramolecular Hbond substituents is 1. The second-order valence-corrected chi connectivity index (χ2v) is 32.0. The summed E-state index contributed by atoms with van der Waals surface area (Å²) in [7, 11) is 10.3. The number of hydrogen-bond donors (Lipinski definition) is 5. The van der Waals surface area contributed by atoms with Gasteiger partial charge in [-0.05, 0) is 109 Å². The van der Waals surface area contributed by atoms with Crippen molar-refractivity contribution in [2.75, 3.05) is 118 Å². The zero-order valence-electron chi connectivity index (χ0n) is 53.8. The van der Waals surface area contributed by atoms with E-state index in [4.69, 9.17) is 49.3 Å². The summed E-state index contributed by atoms with van der Waals surface area (Å²) in [5, 5.41) is 32.2. The molecule has 0 unspecified atom stereocenters. The van der Waals surface area contributed by atoms with Crippen molar-refractivity contribution in [3.8, 4) is 11.4 Å². The van der Waals surface area contributed by atoms with Gasteiger partial charge in [0.25, 0.3) is 0 Å². The zero-order valence-corrected chi connectivity index (χ0v) is 56.8. The van der Waals surface area contributed by atoms with Gasteiger partial charge >= 0.3 is 32.4 Å². The number of nitrogens with zero attached hydrogens (tertiary/aromatic N) is 4. The molecule has 0 spiro atoms. The van der Waals surface area contributed by atoms with Crippen LogP contribution in [0.15, 0.2) is 36.4 Å². The number of carbonyl (C=O) groups excluding carboxylic acids is 4. The Kier molecular flexibility index (Phi) is 33.7. The lowest BCUT2D eigenvalue weighted by Gasteiger charge is -2.53. The van der Waals surface area contributed by atoms with Gasteiger partial charge in [0.2, 0.25) is 17.7 Å². The smallest absolute Gasteiger partial charge is 0.500 e. The van der Waals surface area contributed by atoms with Crippen LogP contribution in [-0.2, 0) is 80.3 Å². The Hall–Kier alpha value is -4.31. The van der Waals surface area contributed by atoms with Gasteiger partial charge in [0.05, 0.1) is 13.0 Å². The average Bonchev–Trinajstić information content (AvgIpc) is 4.02. The van der Waals surface area contributed by atoms with Crippen molar-refractivity contribution in [2.24, 2.45) is 0 Å². The molecule has 0 radical (unpaired) electrons. The van der Waals surface area contributed by atoms with Crippen LogP contribution in [0.3, 0.4) is 0 Å². The Morgan fingerprint density at radius 1 is 0.619 bits per heavy atom. The first-order valence-corrected chi connectivity index (χ1v) is 34.5. The van der Waals surface area contributed by atoms with Crippen LogP contribution in [0.5, 0.6) is 5.75 Å². The van der Waals surface area contributed by atoms with E-state index >= 15 is 0 Å². The summed E-state index contributed by atoms with van der Waals surface area (Å²) < 4.78 is 58.0. The normalized spacial score (nSPS) is 14.7. The molecule has 24 nitrogen and oxygen atoms in total. The number of esters is 1. The summed E-state index contributed by atoms with van der Waals surface area (Å²) in [4.78, 5) is 52.0. The van der Waals surface area contributed by atoms with E-state index < -0.39 is 26.4 Å². The fourth-order valence-corrected chi connectivity index (χ4v) is 14.9. The molecule has 0 saturated carbocycles. The van der Waals surface area contributed by atoms with Gasteiger partial charge in [0.1, 0.15) is 29.1 Å². The second kappa shape index (κ2) is 37.4. The fourth-order valence-electron chi connectivity index (χ4n) is 9.74. The lowest BCUT2D eigenvalue weighted by Crippen LogP contribution is -2.62. The van der Waals surface area contributed by atoms with E-state index in [0.29, 0.717) is 82.7 Å². The van der Waals surface area contributed by atoms with Gasteiger partial charge in [-0.2, -0.15) is 0 Å². The number of ether oxygens (including phenoxy) is 2. The van der Waals surface area contributed by atoms with Gasteiger partial charge in [0, 0.05) is 151 Å².